The van der Waals surface area contributed by atoms with Crippen LogP contribution in [0.15, 0.2) is 150 Å². The molecule has 0 unspecified atom stereocenters. The number of benzene rings is 4. The molecule has 3 amide bonds. The molecule has 0 radical (unpaired) electrons. The van der Waals surface area contributed by atoms with E-state index in [1.165, 1.54) is 0 Å². The zero-order chi connectivity index (χ0) is 80.6. The predicted octanol–water partition coefficient (Wildman–Crippen LogP) is 7.02. The summed E-state index contributed by atoms with van der Waals surface area (Å²) < 4.78 is 158. The first kappa shape index (κ1) is 90.9. The van der Waals surface area contributed by atoms with Gasteiger partial charge in [-0.1, -0.05) is 98.8 Å². The summed E-state index contributed by atoms with van der Waals surface area (Å²) in [5, 5.41) is 27.5. The van der Waals surface area contributed by atoms with Crippen LogP contribution in [0.3, 0.4) is 0 Å². The lowest BCUT2D eigenvalue weighted by atomic mass is 9.81. The average molecular weight is 1600 g/mol. The third kappa shape index (κ3) is 31.7. The number of urea groups is 1. The Morgan fingerprint density at radius 3 is 1.82 bits per heavy atom. The van der Waals surface area contributed by atoms with Crippen LogP contribution in [0.25, 0.3) is 0 Å². The van der Waals surface area contributed by atoms with Gasteiger partial charge in [0.05, 0.1) is 39.0 Å². The number of nitrogens with one attached hydrogen (secondary N) is 3. The monoisotopic (exact) mass is 1600 g/mol. The number of carboxylic acids is 2. The van der Waals surface area contributed by atoms with Gasteiger partial charge < -0.3 is 40.4 Å². The number of anilines is 1. The van der Waals surface area contributed by atoms with Crippen LogP contribution in [0.5, 0.6) is 5.75 Å². The number of unbranched alkanes of at least 4 members (excludes halogenated alkanes) is 3. The van der Waals surface area contributed by atoms with E-state index in [0.717, 1.165) is 57.0 Å². The van der Waals surface area contributed by atoms with Crippen molar-refractivity contribution in [3.05, 3.63) is 172 Å². The van der Waals surface area contributed by atoms with Crippen LogP contribution >= 0.6 is 0 Å². The minimum atomic E-state index is -4.40. The zero-order valence-corrected chi connectivity index (χ0v) is 63.9. The second kappa shape index (κ2) is 43.5. The number of carbonyl (C=O) groups excluding carboxylic acids is 6. The Labute approximate surface area is 630 Å². The number of para-hydroxylation sites is 2. The molecule has 36 heteroatoms. The van der Waals surface area contributed by atoms with Crippen molar-refractivity contribution in [3.8, 4) is 5.75 Å². The molecular weight excluding hydrogens is 1510 g/mol. The molecule has 2 aliphatic heterocycles. The van der Waals surface area contributed by atoms with Crippen molar-refractivity contribution in [2.75, 3.05) is 41.8 Å². The van der Waals surface area contributed by atoms with E-state index in [4.69, 9.17) is 44.1 Å². The summed E-state index contributed by atoms with van der Waals surface area (Å²) in [5.41, 5.74) is 8.27. The Morgan fingerprint density at radius 1 is 0.639 bits per heavy atom. The van der Waals surface area contributed by atoms with E-state index in [1.54, 1.807) is 54.6 Å². The van der Waals surface area contributed by atoms with Gasteiger partial charge in [0.2, 0.25) is 11.6 Å². The van der Waals surface area contributed by atoms with Crippen LogP contribution in [0.4, 0.5) is 16.2 Å². The number of fused-ring (bicyclic) bond motifs is 2. The molecule has 0 aromatic heterocycles. The molecule has 0 saturated heterocycles. The van der Waals surface area contributed by atoms with Gasteiger partial charge in [-0.15, -0.1) is 25.3 Å². The van der Waals surface area contributed by atoms with Gasteiger partial charge in [-0.3, -0.25) is 28.3 Å². The van der Waals surface area contributed by atoms with Crippen LogP contribution in [0.2, 0.25) is 0 Å². The summed E-state index contributed by atoms with van der Waals surface area (Å²) in [6.07, 6.45) is 11.5. The number of allylic oxidation sites excluding steroid dienone is 7. The number of ketones is 2. The van der Waals surface area contributed by atoms with E-state index < -0.39 is 128 Å². The molecule has 0 bridgehead atoms. The fourth-order valence-corrected chi connectivity index (χ4v) is 14.3. The first-order valence-electron chi connectivity index (χ1n) is 34.1. The predicted molar refractivity (Wildman–Crippen MR) is 391 cm³/mol. The van der Waals surface area contributed by atoms with Gasteiger partial charge in [-0.25, -0.2) is 18.0 Å². The average Bonchev–Trinajstić information content (AvgIpc) is 1.60. The first-order chi connectivity index (χ1) is 50.7. The molecular formula is C72H89N5O26S5. The second-order valence-corrected chi connectivity index (χ2v) is 31.9. The smallest absolute Gasteiger partial charge is 0.425 e. The van der Waals surface area contributed by atoms with Crippen LogP contribution in [-0.2, 0) is 109 Å². The number of Topliss-reactive ketones (excluding diaryl/α,β-unsaturated/α-hetero) is 2. The molecule has 588 valence electrons. The lowest BCUT2D eigenvalue weighted by molar-refractivity contribution is -0.438. The van der Waals surface area contributed by atoms with E-state index in [9.17, 15) is 73.3 Å². The second-order valence-electron chi connectivity index (χ2n) is 26.4. The van der Waals surface area contributed by atoms with E-state index in [2.05, 4.69) is 89.6 Å². The maximum Gasteiger partial charge on any atom is 0.425 e. The van der Waals surface area contributed by atoms with Crippen LogP contribution in [0.1, 0.15) is 146 Å². The highest BCUT2D eigenvalue weighted by Crippen LogP contribution is 2.48. The molecule has 3 atom stereocenters. The third-order valence-electron chi connectivity index (χ3n) is 17.7. The number of nitrogens with zero attached hydrogens (tertiary/aromatic N) is 2. The van der Waals surface area contributed by atoms with E-state index in [0.29, 0.717) is 55.8 Å². The van der Waals surface area contributed by atoms with Crippen molar-refractivity contribution in [2.24, 2.45) is 5.92 Å². The van der Waals surface area contributed by atoms with E-state index in [1.807, 2.05) is 36.4 Å². The lowest BCUT2D eigenvalue weighted by Gasteiger charge is -2.28. The largest absolute Gasteiger partial charge is 0.748 e. The van der Waals surface area contributed by atoms with E-state index >= 15 is 0 Å². The fourth-order valence-electron chi connectivity index (χ4n) is 12.6. The molecule has 4 aromatic rings. The minimum Gasteiger partial charge on any atom is -0.748 e. The molecule has 3 aliphatic rings. The molecule has 0 spiro atoms. The minimum absolute atomic E-state index is 0.00283. The molecule has 1 aliphatic carbocycles. The highest BCUT2D eigenvalue weighted by molar-refractivity contribution is 7.86. The van der Waals surface area contributed by atoms with Crippen LogP contribution < -0.4 is 25.6 Å². The Hall–Kier alpha value is -9.52. The Morgan fingerprint density at radius 2 is 1.21 bits per heavy atom. The molecule has 7 N–H and O–H groups in total. The summed E-state index contributed by atoms with van der Waals surface area (Å²) in [6, 6.07) is 28.6. The van der Waals surface area contributed by atoms with E-state index in [-0.39, 0.29) is 94.9 Å². The van der Waals surface area contributed by atoms with Crippen molar-refractivity contribution in [3.63, 3.8) is 0 Å². The number of hydrogen-bond acceptors (Lipinski definition) is 23. The fraction of sp³-hybridized carbons (Fsp3) is 0.444. The maximum absolute atomic E-state index is 14.2. The van der Waals surface area contributed by atoms with Gasteiger partial charge in [0.1, 0.15) is 29.9 Å². The summed E-state index contributed by atoms with van der Waals surface area (Å²) in [4.78, 5) is 95.9. The standard InChI is InChI=1S/C71H89N5O18S3.CO2.2O3S/c1-70(2)56-25-9-11-27-60(56)75(41-14-16-43-95(85,86)87)63(70)38-32-51-22-18-23-52(33-39-64-71(3,4)57-26-10-12-28-61(57)76(64)42-15-17-44-96(88,89)90)66(51)94-55-35-30-50(31-36-55)46-53(67(80)81)48-62(78)59(47-49-20-6-5-7-21-49)73-65(79)29-13-8-24-54(77)34-37-58(68(82)83)74-69(84)72-40-19-45-97(91,92)93;2-1-3;2*1-4(2)3/h5-7,9-12,20-21,25-28,30-33,35-36,38-39,53,58-59H,8,13-19,22-24,29,34,37,40-48H2,1-4H3,(H7-,72,73,74,79,80,81,82,83,84,85,86,87,88,89,90,91,92,93);;;/t53-,58+,59+;;;/m1.../s1. The van der Waals surface area contributed by atoms with Gasteiger partial charge in [0.25, 0.3) is 20.2 Å². The normalized spacial score (nSPS) is 15.8. The van der Waals surface area contributed by atoms with Crippen LogP contribution in [-0.4, -0.2) is 175 Å². The summed E-state index contributed by atoms with van der Waals surface area (Å²) in [6.45, 7) is 9.34. The van der Waals surface area contributed by atoms with Crippen molar-refractivity contribution in [1.82, 2.24) is 16.0 Å². The number of carboxylic acid groups (broad SMARTS) is 2. The Bertz CT molecular complexity index is 4610. The van der Waals surface area contributed by atoms with Gasteiger partial charge in [-0.05, 0) is 149 Å². The van der Waals surface area contributed by atoms with Gasteiger partial charge in [-0.2, -0.15) is 31.0 Å². The lowest BCUT2D eigenvalue weighted by Crippen LogP contribution is -2.46. The van der Waals surface area contributed by atoms with Crippen molar-refractivity contribution in [2.45, 2.75) is 160 Å². The number of ether oxygens (including phenoxy) is 1. The molecule has 0 fully saturated rings. The zero-order valence-electron chi connectivity index (χ0n) is 59.8. The number of amides is 3. The topological polar surface area (TPSA) is 497 Å². The molecule has 0 saturated carbocycles. The SMILES string of the molecule is CC1(C)C(=CC=C2CCCC(C=CC3=[N+](CCCCS(=O)(=O)O)c4ccccc4C3(C)C)=C2Oc2ccc(C[C@H](CC(=O)[C@H](Cc3ccccc3)NC(=O)CCCCC(=O)CC[C@H](NC(=O)NCCCS(=O)(=O)O)C(=O)O)C(=O)O)cc2)N(CCCCS(=O)(=O)[O-])c2ccccc21.O=C=O.O=S(=O)=O.O=S(=O)=O. The quantitative estimate of drug-likeness (QED) is 0.0135. The highest BCUT2D eigenvalue weighted by atomic mass is 32.2. The van der Waals surface area contributed by atoms with Crippen LogP contribution in [0, 0.1) is 5.92 Å². The highest BCUT2D eigenvalue weighted by Gasteiger charge is 2.44. The summed E-state index contributed by atoms with van der Waals surface area (Å²) >= 11 is 0. The van der Waals surface area contributed by atoms with Crippen molar-refractivity contribution >= 4 is 110 Å². The van der Waals surface area contributed by atoms with Gasteiger partial charge in [0, 0.05) is 85.5 Å². The van der Waals surface area contributed by atoms with Gasteiger partial charge in [0.15, 0.2) is 11.5 Å². The van der Waals surface area contributed by atoms with Crippen molar-refractivity contribution < 1.29 is 122 Å². The Balaban J connectivity index is 0.00000210. The molecule has 31 nitrogen and oxygen atoms in total. The third-order valence-corrected chi connectivity index (χ3v) is 20.1. The molecule has 108 heavy (non-hydrogen) atoms. The molecule has 2 heterocycles. The van der Waals surface area contributed by atoms with Gasteiger partial charge >= 0.3 is 45.3 Å². The Kier molecular flexibility index (Phi) is 36.6. The maximum atomic E-state index is 14.2. The number of carbonyl (C=O) groups is 6. The van der Waals surface area contributed by atoms with Crippen molar-refractivity contribution in [1.29, 1.82) is 0 Å². The molecule has 4 aromatic carbocycles. The summed E-state index contributed by atoms with van der Waals surface area (Å²) in [7, 11) is -19.0. The number of hydrogen-bond donors (Lipinski definition) is 7. The number of rotatable bonds is 38. The first-order valence-corrected chi connectivity index (χ1v) is 40.9. The summed E-state index contributed by atoms with van der Waals surface area (Å²) in [5.74, 6) is -5.49. The molecule has 7 rings (SSSR count). The number of aliphatic carboxylic acids is 2.